The average molecular weight is 309 g/mol. The van der Waals surface area contributed by atoms with E-state index < -0.39 is 0 Å². The van der Waals surface area contributed by atoms with E-state index in [4.69, 9.17) is 17.3 Å². The Morgan fingerprint density at radius 3 is 2.52 bits per heavy atom. The number of amides is 1. The molecule has 21 heavy (non-hydrogen) atoms. The molecule has 114 valence electrons. The maximum Gasteiger partial charge on any atom is 0.251 e. The van der Waals surface area contributed by atoms with E-state index in [0.29, 0.717) is 35.6 Å². The molecule has 0 unspecified atom stereocenters. The molecular weight excluding hydrogens is 288 g/mol. The number of hydrogen-bond acceptors (Lipinski definition) is 2. The number of carbonyl (C=O) groups excluding carboxylic acids is 1. The van der Waals surface area contributed by atoms with Crippen LogP contribution in [-0.2, 0) is 0 Å². The molecule has 0 aliphatic heterocycles. The number of halogens is 1. The summed E-state index contributed by atoms with van der Waals surface area (Å²) in [5.74, 6) is 1.02. The van der Waals surface area contributed by atoms with Crippen molar-refractivity contribution in [3.05, 3.63) is 34.9 Å². The van der Waals surface area contributed by atoms with Crippen LogP contribution in [0.2, 0.25) is 5.02 Å². The van der Waals surface area contributed by atoms with Gasteiger partial charge >= 0.3 is 0 Å². The molecule has 0 bridgehead atoms. The first-order valence-electron chi connectivity index (χ1n) is 7.22. The molecule has 0 aromatic heterocycles. The molecule has 1 aromatic rings. The van der Waals surface area contributed by atoms with Crippen LogP contribution in [0.15, 0.2) is 29.3 Å². The summed E-state index contributed by atoms with van der Waals surface area (Å²) in [6, 6.07) is 6.78. The lowest BCUT2D eigenvalue weighted by Crippen LogP contribution is -2.38. The van der Waals surface area contributed by atoms with Gasteiger partial charge in [0.25, 0.3) is 5.91 Å². The summed E-state index contributed by atoms with van der Waals surface area (Å²) in [4.78, 5) is 16.1. The van der Waals surface area contributed by atoms with Crippen molar-refractivity contribution in [2.75, 3.05) is 19.6 Å². The predicted molar refractivity (Wildman–Crippen MR) is 85.6 cm³/mol. The Morgan fingerprint density at radius 2 is 1.90 bits per heavy atom. The molecule has 1 fully saturated rings. The summed E-state index contributed by atoms with van der Waals surface area (Å²) in [5.41, 5.74) is 6.35. The highest BCUT2D eigenvalue weighted by Gasteiger charge is 2.16. The SMILES string of the molecule is NC(=NCC1CCC1)NCCNC(=O)c1ccc(Cl)cc1. The fourth-order valence-electron chi connectivity index (χ4n) is 2.03. The summed E-state index contributed by atoms with van der Waals surface area (Å²) in [7, 11) is 0. The van der Waals surface area contributed by atoms with E-state index in [9.17, 15) is 4.79 Å². The zero-order valence-corrected chi connectivity index (χ0v) is 12.7. The fraction of sp³-hybridized carbons (Fsp3) is 0.467. The summed E-state index contributed by atoms with van der Waals surface area (Å²) in [6.07, 6.45) is 3.83. The van der Waals surface area contributed by atoms with Crippen molar-refractivity contribution in [3.8, 4) is 0 Å². The lowest BCUT2D eigenvalue weighted by Gasteiger charge is -2.23. The lowest BCUT2D eigenvalue weighted by molar-refractivity contribution is 0.0954. The second kappa shape index (κ2) is 7.88. The quantitative estimate of drug-likeness (QED) is 0.426. The Balaban J connectivity index is 1.62. The molecule has 0 spiro atoms. The fourth-order valence-corrected chi connectivity index (χ4v) is 2.15. The molecule has 6 heteroatoms. The van der Waals surface area contributed by atoms with Gasteiger partial charge in [-0.3, -0.25) is 9.79 Å². The summed E-state index contributed by atoms with van der Waals surface area (Å²) in [6.45, 7) is 1.84. The standard InChI is InChI=1S/C15H21ClN4O/c16-13-6-4-12(5-7-13)14(21)18-8-9-19-15(17)20-10-11-2-1-3-11/h4-7,11H,1-3,8-10H2,(H,18,21)(H3,17,19,20). The van der Waals surface area contributed by atoms with Crippen molar-refractivity contribution >= 4 is 23.5 Å². The average Bonchev–Trinajstić information content (AvgIpc) is 2.42. The molecule has 0 atom stereocenters. The topological polar surface area (TPSA) is 79.5 Å². The lowest BCUT2D eigenvalue weighted by atomic mass is 9.86. The summed E-state index contributed by atoms with van der Waals surface area (Å²) >= 11 is 5.78. The summed E-state index contributed by atoms with van der Waals surface area (Å²) < 4.78 is 0. The Labute approximate surface area is 130 Å². The van der Waals surface area contributed by atoms with E-state index in [1.54, 1.807) is 24.3 Å². The Kier molecular flexibility index (Phi) is 5.87. The van der Waals surface area contributed by atoms with Crippen molar-refractivity contribution in [2.45, 2.75) is 19.3 Å². The van der Waals surface area contributed by atoms with Gasteiger partial charge in [-0.25, -0.2) is 0 Å². The molecule has 5 nitrogen and oxygen atoms in total. The first-order chi connectivity index (χ1) is 10.1. The smallest absolute Gasteiger partial charge is 0.251 e. The van der Waals surface area contributed by atoms with Crippen molar-refractivity contribution < 1.29 is 4.79 Å². The van der Waals surface area contributed by atoms with Gasteiger partial charge in [0, 0.05) is 30.2 Å². The normalized spacial score (nSPS) is 15.4. The number of benzene rings is 1. The van der Waals surface area contributed by atoms with Crippen LogP contribution in [0, 0.1) is 5.92 Å². The second-order valence-electron chi connectivity index (χ2n) is 5.21. The first kappa shape index (κ1) is 15.6. The van der Waals surface area contributed by atoms with Crippen LogP contribution >= 0.6 is 11.6 Å². The highest BCUT2D eigenvalue weighted by Crippen LogP contribution is 2.26. The molecule has 1 aliphatic rings. The molecule has 0 heterocycles. The third-order valence-electron chi connectivity index (χ3n) is 3.57. The zero-order chi connectivity index (χ0) is 15.1. The molecule has 1 amide bonds. The van der Waals surface area contributed by atoms with Gasteiger partial charge in [-0.2, -0.15) is 0 Å². The maximum absolute atomic E-state index is 11.8. The maximum atomic E-state index is 11.8. The monoisotopic (exact) mass is 308 g/mol. The number of carbonyl (C=O) groups is 1. The second-order valence-corrected chi connectivity index (χ2v) is 5.65. The van der Waals surface area contributed by atoms with Gasteiger partial charge in [0.15, 0.2) is 5.96 Å². The van der Waals surface area contributed by atoms with Gasteiger partial charge in [0.05, 0.1) is 0 Å². The highest BCUT2D eigenvalue weighted by molar-refractivity contribution is 6.30. The number of nitrogens with two attached hydrogens (primary N) is 1. The van der Waals surface area contributed by atoms with E-state index >= 15 is 0 Å². The van der Waals surface area contributed by atoms with E-state index in [-0.39, 0.29) is 5.91 Å². The highest BCUT2D eigenvalue weighted by atomic mass is 35.5. The van der Waals surface area contributed by atoms with E-state index in [1.165, 1.54) is 19.3 Å². The Bertz CT molecular complexity index is 497. The van der Waals surface area contributed by atoms with Gasteiger partial charge in [-0.05, 0) is 43.0 Å². The predicted octanol–water partition coefficient (Wildman–Crippen LogP) is 1.77. The Morgan fingerprint density at radius 1 is 1.24 bits per heavy atom. The number of aliphatic imine (C=N–C) groups is 1. The minimum atomic E-state index is -0.126. The largest absolute Gasteiger partial charge is 0.370 e. The number of hydrogen-bond donors (Lipinski definition) is 3. The van der Waals surface area contributed by atoms with Gasteiger partial charge in [0.1, 0.15) is 0 Å². The zero-order valence-electron chi connectivity index (χ0n) is 11.9. The molecule has 1 aromatic carbocycles. The number of nitrogens with zero attached hydrogens (tertiary/aromatic N) is 1. The molecule has 0 radical (unpaired) electrons. The summed E-state index contributed by atoms with van der Waals surface area (Å²) in [5, 5.41) is 6.41. The Hall–Kier alpha value is -1.75. The molecule has 1 saturated carbocycles. The first-order valence-corrected chi connectivity index (χ1v) is 7.60. The third-order valence-corrected chi connectivity index (χ3v) is 3.82. The molecule has 0 saturated heterocycles. The van der Waals surface area contributed by atoms with Crippen LogP contribution in [-0.4, -0.2) is 31.5 Å². The van der Waals surface area contributed by atoms with Crippen LogP contribution in [0.25, 0.3) is 0 Å². The number of rotatable bonds is 6. The minimum Gasteiger partial charge on any atom is -0.370 e. The van der Waals surface area contributed by atoms with Crippen molar-refractivity contribution in [2.24, 2.45) is 16.6 Å². The molecular formula is C15H21ClN4O. The number of guanidine groups is 1. The van der Waals surface area contributed by atoms with Crippen molar-refractivity contribution in [3.63, 3.8) is 0 Å². The van der Waals surface area contributed by atoms with Gasteiger partial charge in [-0.1, -0.05) is 18.0 Å². The van der Waals surface area contributed by atoms with E-state index in [1.807, 2.05) is 0 Å². The van der Waals surface area contributed by atoms with Crippen LogP contribution in [0.4, 0.5) is 0 Å². The van der Waals surface area contributed by atoms with Crippen LogP contribution in [0.5, 0.6) is 0 Å². The van der Waals surface area contributed by atoms with Gasteiger partial charge < -0.3 is 16.4 Å². The van der Waals surface area contributed by atoms with Gasteiger partial charge in [0.2, 0.25) is 0 Å². The molecule has 2 rings (SSSR count). The van der Waals surface area contributed by atoms with Gasteiger partial charge in [-0.15, -0.1) is 0 Å². The van der Waals surface area contributed by atoms with Crippen molar-refractivity contribution in [1.29, 1.82) is 0 Å². The minimum absolute atomic E-state index is 0.126. The van der Waals surface area contributed by atoms with E-state index in [0.717, 1.165) is 6.54 Å². The van der Waals surface area contributed by atoms with Crippen LogP contribution in [0.1, 0.15) is 29.6 Å². The van der Waals surface area contributed by atoms with Crippen LogP contribution in [0.3, 0.4) is 0 Å². The number of nitrogens with one attached hydrogen (secondary N) is 2. The molecule has 1 aliphatic carbocycles. The van der Waals surface area contributed by atoms with Crippen LogP contribution < -0.4 is 16.4 Å². The van der Waals surface area contributed by atoms with Crippen molar-refractivity contribution in [1.82, 2.24) is 10.6 Å². The molecule has 4 N–H and O–H groups in total. The third kappa shape index (κ3) is 5.27. The van der Waals surface area contributed by atoms with E-state index in [2.05, 4.69) is 15.6 Å².